The average molecular weight is 386 g/mol. The molecule has 0 radical (unpaired) electrons. The Morgan fingerprint density at radius 3 is 1.38 bits per heavy atom. The second-order valence-electron chi connectivity index (χ2n) is 4.06. The Labute approximate surface area is 134 Å². The van der Waals surface area contributed by atoms with E-state index < -0.39 is 66.7 Å². The van der Waals surface area contributed by atoms with Crippen LogP contribution in [0, 0.1) is 0 Å². The summed E-state index contributed by atoms with van der Waals surface area (Å²) < 4.78 is 72.4. The molecule has 0 aliphatic rings. The van der Waals surface area contributed by atoms with E-state index in [1.807, 2.05) is 0 Å². The molecule has 12 nitrogen and oxygen atoms in total. The fourth-order valence-corrected chi connectivity index (χ4v) is 2.78. The quantitative estimate of drug-likeness (QED) is 0.402. The van der Waals surface area contributed by atoms with E-state index in [4.69, 9.17) is 19.3 Å². The molecule has 0 aliphatic carbocycles. The Hall–Kier alpha value is -2.42. The lowest BCUT2D eigenvalue weighted by Gasteiger charge is -2.13. The topological polar surface area (TPSA) is 202 Å². The Morgan fingerprint density at radius 2 is 1.12 bits per heavy atom. The minimum absolute atomic E-state index is 0.235. The van der Waals surface area contributed by atoms with Gasteiger partial charge in [-0.3, -0.25) is 9.11 Å². The molecule has 0 heterocycles. The molecule has 1 aromatic carbocycles. The van der Waals surface area contributed by atoms with Gasteiger partial charge in [-0.1, -0.05) is 0 Å². The van der Waals surface area contributed by atoms with Gasteiger partial charge in [0.15, 0.2) is 13.2 Å². The number of ether oxygens (including phenoxy) is 2. The minimum atomic E-state index is -5.08. The summed E-state index contributed by atoms with van der Waals surface area (Å²) in [7, 11) is -10.2. The first kappa shape index (κ1) is 19.6. The number of hydrogen-bond donors (Lipinski definition) is 4. The van der Waals surface area contributed by atoms with Crippen LogP contribution in [0.25, 0.3) is 0 Å². The van der Waals surface area contributed by atoms with E-state index in [0.29, 0.717) is 6.07 Å². The van der Waals surface area contributed by atoms with E-state index >= 15 is 0 Å². The van der Waals surface area contributed by atoms with Crippen molar-refractivity contribution >= 4 is 32.2 Å². The van der Waals surface area contributed by atoms with Crippen molar-refractivity contribution < 1.29 is 55.2 Å². The van der Waals surface area contributed by atoms with Crippen molar-refractivity contribution in [1.82, 2.24) is 0 Å². The minimum Gasteiger partial charge on any atom is -0.480 e. The Morgan fingerprint density at radius 1 is 0.792 bits per heavy atom. The van der Waals surface area contributed by atoms with Crippen LogP contribution in [0.1, 0.15) is 0 Å². The van der Waals surface area contributed by atoms with Gasteiger partial charge in [-0.05, 0) is 6.07 Å². The zero-order valence-corrected chi connectivity index (χ0v) is 13.1. The van der Waals surface area contributed by atoms with Gasteiger partial charge in [0.1, 0.15) is 21.3 Å². The maximum atomic E-state index is 11.3. The smallest absolute Gasteiger partial charge is 0.341 e. The zero-order valence-electron chi connectivity index (χ0n) is 11.4. The summed E-state index contributed by atoms with van der Waals surface area (Å²) in [5, 5.41) is 17.0. The van der Waals surface area contributed by atoms with Gasteiger partial charge in [0.25, 0.3) is 20.2 Å². The highest BCUT2D eigenvalue weighted by Crippen LogP contribution is 2.35. The van der Waals surface area contributed by atoms with Gasteiger partial charge in [0.2, 0.25) is 0 Å². The molecule has 1 rings (SSSR count). The summed E-state index contributed by atoms with van der Waals surface area (Å²) in [5.74, 6) is -4.70. The number of carboxylic acid groups (broad SMARTS) is 2. The van der Waals surface area contributed by atoms with E-state index in [1.165, 1.54) is 0 Å². The van der Waals surface area contributed by atoms with Crippen LogP contribution in [0.5, 0.6) is 11.5 Å². The number of benzene rings is 1. The lowest BCUT2D eigenvalue weighted by Crippen LogP contribution is -2.15. The first-order valence-electron chi connectivity index (χ1n) is 5.64. The van der Waals surface area contributed by atoms with Crippen LogP contribution in [0.3, 0.4) is 0 Å². The monoisotopic (exact) mass is 386 g/mol. The highest BCUT2D eigenvalue weighted by molar-refractivity contribution is 7.86. The fraction of sp³-hybridized carbons (Fsp3) is 0.200. The van der Waals surface area contributed by atoms with Gasteiger partial charge in [-0.25, -0.2) is 9.59 Å². The Bertz CT molecular complexity index is 798. The van der Waals surface area contributed by atoms with Crippen molar-refractivity contribution in [3.8, 4) is 11.5 Å². The van der Waals surface area contributed by atoms with Crippen LogP contribution >= 0.6 is 0 Å². The number of rotatable bonds is 8. The van der Waals surface area contributed by atoms with E-state index in [-0.39, 0.29) is 6.07 Å². The molecule has 0 saturated carbocycles. The Balaban J connectivity index is 3.59. The predicted octanol–water partition coefficient (Wildman–Crippen LogP) is -0.893. The molecule has 24 heavy (non-hydrogen) atoms. The zero-order chi connectivity index (χ0) is 18.7. The Kier molecular flexibility index (Phi) is 5.72. The van der Waals surface area contributed by atoms with E-state index in [0.717, 1.165) is 0 Å². The average Bonchev–Trinajstić information content (AvgIpc) is 2.39. The predicted molar refractivity (Wildman–Crippen MR) is 72.3 cm³/mol. The van der Waals surface area contributed by atoms with E-state index in [1.54, 1.807) is 0 Å². The van der Waals surface area contributed by atoms with Crippen molar-refractivity contribution in [2.24, 2.45) is 0 Å². The molecule has 134 valence electrons. The first-order chi connectivity index (χ1) is 10.8. The van der Waals surface area contributed by atoms with Gasteiger partial charge in [-0.15, -0.1) is 0 Å². The lowest BCUT2D eigenvalue weighted by molar-refractivity contribution is -0.140. The molecule has 0 fully saturated rings. The first-order valence-corrected chi connectivity index (χ1v) is 8.52. The SMILES string of the molecule is O=C(O)COc1cc(OCC(=O)O)c(S(=O)(=O)O)cc1S(=O)(=O)O. The molecule has 0 aromatic heterocycles. The fourth-order valence-electron chi connectivity index (χ4n) is 1.43. The van der Waals surface area contributed by atoms with Gasteiger partial charge >= 0.3 is 11.9 Å². The largest absolute Gasteiger partial charge is 0.480 e. The van der Waals surface area contributed by atoms with Crippen LogP contribution in [0.2, 0.25) is 0 Å². The van der Waals surface area contributed by atoms with Crippen LogP contribution in [0.15, 0.2) is 21.9 Å². The maximum Gasteiger partial charge on any atom is 0.341 e. The van der Waals surface area contributed by atoms with E-state index in [9.17, 15) is 26.4 Å². The third-order valence-corrected chi connectivity index (χ3v) is 4.02. The van der Waals surface area contributed by atoms with Gasteiger partial charge < -0.3 is 19.7 Å². The molecule has 4 N–H and O–H groups in total. The van der Waals surface area contributed by atoms with Crippen molar-refractivity contribution in [3.05, 3.63) is 12.1 Å². The molecular weight excluding hydrogens is 376 g/mol. The molecule has 0 spiro atoms. The van der Waals surface area contributed by atoms with Crippen molar-refractivity contribution in [2.45, 2.75) is 9.79 Å². The normalized spacial score (nSPS) is 11.8. The second kappa shape index (κ2) is 7.00. The third kappa shape index (κ3) is 5.34. The molecule has 0 saturated heterocycles. The highest BCUT2D eigenvalue weighted by Gasteiger charge is 2.27. The number of carboxylic acids is 2. The summed E-state index contributed by atoms with van der Waals surface area (Å²) >= 11 is 0. The standard InChI is InChI=1S/C10H10O12S2/c11-9(12)3-21-5-1-6(22-4-10(13)14)8(24(18,19)20)2-7(5)23(15,16)17/h1-2H,3-4H2,(H,11,12)(H,13,14)(H,15,16,17)(H,18,19,20). The maximum absolute atomic E-state index is 11.3. The second-order valence-corrected chi connectivity index (χ2v) is 6.84. The van der Waals surface area contributed by atoms with Crippen molar-refractivity contribution in [1.29, 1.82) is 0 Å². The van der Waals surface area contributed by atoms with Gasteiger partial charge in [0.05, 0.1) is 0 Å². The van der Waals surface area contributed by atoms with Crippen LogP contribution in [-0.4, -0.2) is 61.3 Å². The van der Waals surface area contributed by atoms with E-state index in [2.05, 4.69) is 9.47 Å². The molecule has 0 amide bonds. The van der Waals surface area contributed by atoms with Gasteiger partial charge in [-0.2, -0.15) is 16.8 Å². The molecule has 0 unspecified atom stereocenters. The molecule has 0 aliphatic heterocycles. The van der Waals surface area contributed by atoms with Crippen molar-refractivity contribution in [2.75, 3.05) is 13.2 Å². The summed E-state index contributed by atoms with van der Waals surface area (Å²) in [6.45, 7) is -2.13. The summed E-state index contributed by atoms with van der Waals surface area (Å²) in [4.78, 5) is 18.6. The van der Waals surface area contributed by atoms with Crippen LogP contribution < -0.4 is 9.47 Å². The highest BCUT2D eigenvalue weighted by atomic mass is 32.2. The summed E-state index contributed by atoms with van der Waals surface area (Å²) in [6, 6.07) is 0.747. The number of carbonyl (C=O) groups is 2. The molecule has 0 bridgehead atoms. The number of aliphatic carboxylic acids is 2. The summed E-state index contributed by atoms with van der Waals surface area (Å²) in [5.41, 5.74) is 0. The molecule has 1 aromatic rings. The summed E-state index contributed by atoms with van der Waals surface area (Å²) in [6.07, 6.45) is 0. The number of hydrogen-bond acceptors (Lipinski definition) is 8. The van der Waals surface area contributed by atoms with Crippen LogP contribution in [-0.2, 0) is 29.8 Å². The van der Waals surface area contributed by atoms with Gasteiger partial charge in [0, 0.05) is 6.07 Å². The van der Waals surface area contributed by atoms with Crippen molar-refractivity contribution in [3.63, 3.8) is 0 Å². The lowest BCUT2D eigenvalue weighted by atomic mass is 10.3. The molecule has 0 atom stereocenters. The van der Waals surface area contributed by atoms with Crippen LogP contribution in [0.4, 0.5) is 0 Å². The molecular formula is C10H10O12S2. The molecule has 14 heteroatoms. The third-order valence-electron chi connectivity index (χ3n) is 2.27.